The first-order chi connectivity index (χ1) is 12.8. The number of hydrogen-bond acceptors (Lipinski definition) is 1. The number of ether oxygens (including phenoxy) is 1. The van der Waals surface area contributed by atoms with Gasteiger partial charge in [0.05, 0.1) is 6.61 Å². The Kier molecular flexibility index (Phi) is 9.06. The first-order valence-corrected chi connectivity index (χ1v) is 14.7. The highest BCUT2D eigenvalue weighted by Crippen LogP contribution is 2.33. The molecule has 0 aromatic heterocycles. The van der Waals surface area contributed by atoms with Crippen LogP contribution in [0.15, 0.2) is 16.6 Å². The Hall–Kier alpha value is 0.200. The van der Waals surface area contributed by atoms with Crippen molar-refractivity contribution in [2.24, 2.45) is 0 Å². The summed E-state index contributed by atoms with van der Waals surface area (Å²) in [7, 11) is 1.18. The molecule has 0 amide bonds. The van der Waals surface area contributed by atoms with Crippen molar-refractivity contribution in [3.63, 3.8) is 0 Å². The fourth-order valence-electron chi connectivity index (χ4n) is 3.86. The molecule has 2 aliphatic heterocycles. The van der Waals surface area contributed by atoms with Gasteiger partial charge < -0.3 is 4.74 Å². The van der Waals surface area contributed by atoms with Crippen molar-refractivity contribution in [3.8, 4) is 5.75 Å². The monoisotopic (exact) mass is 458 g/mol. The van der Waals surface area contributed by atoms with Crippen molar-refractivity contribution in [2.45, 2.75) is 69.8 Å². The molecular formula is C22H35BrOS2+2. The molecule has 2 heterocycles. The molecule has 2 saturated heterocycles. The molecule has 0 spiro atoms. The second-order valence-electron chi connectivity index (χ2n) is 7.70. The average Bonchev–Trinajstić information content (AvgIpc) is 3.32. The standard InChI is InChI=1S/C22H35BrOS2/c1-2-3-4-5-10-24-22-16-19(17-25-11-6-7-12-25)21(23)15-20(22)18-26-13-8-9-14-26/h15-16H,2-14,17-18H2,1H3/q+2. The van der Waals surface area contributed by atoms with Crippen molar-refractivity contribution in [1.82, 2.24) is 0 Å². The molecule has 1 aromatic rings. The molecule has 1 aromatic carbocycles. The molecule has 146 valence electrons. The highest BCUT2D eigenvalue weighted by Gasteiger charge is 2.28. The molecule has 2 aliphatic rings. The zero-order valence-corrected chi connectivity index (χ0v) is 19.6. The minimum Gasteiger partial charge on any atom is -0.493 e. The zero-order chi connectivity index (χ0) is 18.2. The predicted molar refractivity (Wildman–Crippen MR) is 124 cm³/mol. The molecule has 4 heteroatoms. The summed E-state index contributed by atoms with van der Waals surface area (Å²) in [5, 5.41) is 0. The van der Waals surface area contributed by atoms with E-state index in [1.807, 2.05) is 0 Å². The van der Waals surface area contributed by atoms with Crippen molar-refractivity contribution in [2.75, 3.05) is 29.6 Å². The molecular weight excluding hydrogens is 424 g/mol. The van der Waals surface area contributed by atoms with E-state index < -0.39 is 0 Å². The summed E-state index contributed by atoms with van der Waals surface area (Å²) in [5.41, 5.74) is 2.94. The van der Waals surface area contributed by atoms with Crippen LogP contribution in [-0.4, -0.2) is 29.6 Å². The SMILES string of the molecule is CCCCCCOc1cc(C[S+]2CCCC2)c(Br)cc1C[S+]1CCCC1. The van der Waals surface area contributed by atoms with Crippen LogP contribution in [0, 0.1) is 0 Å². The van der Waals surface area contributed by atoms with Gasteiger partial charge in [-0.2, -0.15) is 0 Å². The molecule has 0 radical (unpaired) electrons. The number of benzene rings is 1. The third-order valence-corrected chi connectivity index (χ3v) is 11.1. The zero-order valence-electron chi connectivity index (χ0n) is 16.4. The van der Waals surface area contributed by atoms with E-state index in [1.165, 1.54) is 107 Å². The number of halogens is 1. The Balaban J connectivity index is 1.68. The lowest BCUT2D eigenvalue weighted by Crippen LogP contribution is -2.11. The minimum atomic E-state index is 0.583. The van der Waals surface area contributed by atoms with Crippen molar-refractivity contribution >= 4 is 37.7 Å². The van der Waals surface area contributed by atoms with E-state index in [0.29, 0.717) is 21.8 Å². The van der Waals surface area contributed by atoms with Crippen LogP contribution < -0.4 is 4.74 Å². The fourth-order valence-corrected chi connectivity index (χ4v) is 9.36. The summed E-state index contributed by atoms with van der Waals surface area (Å²) >= 11 is 3.89. The largest absolute Gasteiger partial charge is 0.493 e. The van der Waals surface area contributed by atoms with Crippen molar-refractivity contribution < 1.29 is 4.74 Å². The van der Waals surface area contributed by atoms with Crippen LogP contribution in [0.3, 0.4) is 0 Å². The van der Waals surface area contributed by atoms with Gasteiger partial charge in [0.1, 0.15) is 40.3 Å². The summed E-state index contributed by atoms with van der Waals surface area (Å²) in [6.45, 7) is 3.15. The summed E-state index contributed by atoms with van der Waals surface area (Å²) < 4.78 is 7.67. The molecule has 1 nitrogen and oxygen atoms in total. The highest BCUT2D eigenvalue weighted by molar-refractivity contribution is 9.10. The van der Waals surface area contributed by atoms with Crippen LogP contribution >= 0.6 is 15.9 Å². The Morgan fingerprint density at radius 2 is 1.46 bits per heavy atom. The fraction of sp³-hybridized carbons (Fsp3) is 0.727. The van der Waals surface area contributed by atoms with Gasteiger partial charge in [-0.15, -0.1) is 0 Å². The van der Waals surface area contributed by atoms with Crippen LogP contribution in [0.2, 0.25) is 0 Å². The third-order valence-electron chi connectivity index (χ3n) is 5.44. The molecule has 0 saturated carbocycles. The predicted octanol–water partition coefficient (Wildman–Crippen LogP) is 6.23. The van der Waals surface area contributed by atoms with Gasteiger partial charge in [0.25, 0.3) is 0 Å². The van der Waals surface area contributed by atoms with Gasteiger partial charge >= 0.3 is 0 Å². The Morgan fingerprint density at radius 3 is 2.08 bits per heavy atom. The van der Waals surface area contributed by atoms with Crippen molar-refractivity contribution in [1.29, 1.82) is 0 Å². The van der Waals surface area contributed by atoms with E-state index in [2.05, 4.69) is 35.0 Å². The maximum atomic E-state index is 6.34. The van der Waals surface area contributed by atoms with Crippen LogP contribution in [0.5, 0.6) is 5.75 Å². The molecule has 26 heavy (non-hydrogen) atoms. The molecule has 0 N–H and O–H groups in total. The molecule has 0 aliphatic carbocycles. The lowest BCUT2D eigenvalue weighted by Gasteiger charge is -2.14. The maximum Gasteiger partial charge on any atom is 0.136 e. The van der Waals surface area contributed by atoms with Gasteiger partial charge in [-0.05, 0) is 66.0 Å². The molecule has 2 fully saturated rings. The second kappa shape index (κ2) is 11.3. The molecule has 0 atom stereocenters. The van der Waals surface area contributed by atoms with Crippen molar-refractivity contribution in [3.05, 3.63) is 27.7 Å². The number of hydrogen-bond donors (Lipinski definition) is 0. The molecule has 3 rings (SSSR count). The van der Waals surface area contributed by atoms with Gasteiger partial charge in [0.15, 0.2) is 0 Å². The smallest absolute Gasteiger partial charge is 0.136 e. The number of unbranched alkanes of at least 4 members (excludes halogenated alkanes) is 3. The maximum absolute atomic E-state index is 6.34. The van der Waals surface area contributed by atoms with E-state index in [0.717, 1.165) is 6.61 Å². The summed E-state index contributed by atoms with van der Waals surface area (Å²) in [5.74, 6) is 9.41. The van der Waals surface area contributed by atoms with E-state index in [4.69, 9.17) is 4.74 Å². The second-order valence-corrected chi connectivity index (χ2v) is 13.2. The summed E-state index contributed by atoms with van der Waals surface area (Å²) in [6.07, 6.45) is 10.8. The van der Waals surface area contributed by atoms with Crippen LogP contribution in [-0.2, 0) is 33.3 Å². The van der Waals surface area contributed by atoms with Gasteiger partial charge in [-0.1, -0.05) is 42.1 Å². The quantitative estimate of drug-likeness (QED) is 0.298. The van der Waals surface area contributed by atoms with Gasteiger partial charge in [0, 0.05) is 15.6 Å². The first-order valence-electron chi connectivity index (χ1n) is 10.5. The van der Waals surface area contributed by atoms with E-state index in [1.54, 1.807) is 0 Å². The van der Waals surface area contributed by atoms with E-state index in [9.17, 15) is 0 Å². The van der Waals surface area contributed by atoms with Crippen LogP contribution in [0.4, 0.5) is 0 Å². The number of rotatable bonds is 10. The van der Waals surface area contributed by atoms with Crippen LogP contribution in [0.25, 0.3) is 0 Å². The normalized spacial score (nSPS) is 18.7. The van der Waals surface area contributed by atoms with E-state index >= 15 is 0 Å². The Labute approximate surface area is 174 Å². The average molecular weight is 460 g/mol. The topological polar surface area (TPSA) is 9.23 Å². The van der Waals surface area contributed by atoms with E-state index in [-0.39, 0.29) is 0 Å². The first kappa shape index (κ1) is 20.9. The van der Waals surface area contributed by atoms with Gasteiger partial charge in [0.2, 0.25) is 0 Å². The lowest BCUT2D eigenvalue weighted by molar-refractivity contribution is 0.302. The minimum absolute atomic E-state index is 0.583. The van der Waals surface area contributed by atoms with Gasteiger partial charge in [-0.25, -0.2) is 0 Å². The summed E-state index contributed by atoms with van der Waals surface area (Å²) in [6, 6.07) is 4.80. The lowest BCUT2D eigenvalue weighted by atomic mass is 10.1. The Bertz CT molecular complexity index is 551. The third kappa shape index (κ3) is 6.38. The molecule has 0 bridgehead atoms. The van der Waals surface area contributed by atoms with Gasteiger partial charge in [-0.3, -0.25) is 0 Å². The molecule has 0 unspecified atom stereocenters. The van der Waals surface area contributed by atoms with Crippen LogP contribution in [0.1, 0.15) is 69.4 Å². The summed E-state index contributed by atoms with van der Waals surface area (Å²) in [4.78, 5) is 0. The Morgan fingerprint density at radius 1 is 0.846 bits per heavy atom. The highest BCUT2D eigenvalue weighted by atomic mass is 79.9.